The number of nitrogens with one attached hydrogen (secondary N) is 1. The van der Waals surface area contributed by atoms with Crippen molar-refractivity contribution in [2.75, 3.05) is 0 Å². The zero-order chi connectivity index (χ0) is 16.0. The number of carboxylic acids is 1. The lowest BCUT2D eigenvalue weighted by atomic mass is 10.1. The summed E-state index contributed by atoms with van der Waals surface area (Å²) in [5.41, 5.74) is 0.157. The molecule has 0 saturated heterocycles. The average molecular weight is 331 g/mol. The van der Waals surface area contributed by atoms with E-state index >= 15 is 0 Å². The average Bonchev–Trinajstić information content (AvgIpc) is 2.38. The Morgan fingerprint density at radius 3 is 2.71 bits per heavy atom. The Morgan fingerprint density at radius 1 is 1.52 bits per heavy atom. The van der Waals surface area contributed by atoms with Crippen molar-refractivity contribution >= 4 is 27.6 Å². The number of hydrogen-bond donors (Lipinski definition) is 2. The minimum atomic E-state index is -3.99. The van der Waals surface area contributed by atoms with E-state index in [1.54, 1.807) is 0 Å². The van der Waals surface area contributed by atoms with Crippen LogP contribution in [-0.4, -0.2) is 25.5 Å². The van der Waals surface area contributed by atoms with Gasteiger partial charge in [0, 0.05) is 6.04 Å². The third-order valence-electron chi connectivity index (χ3n) is 2.73. The number of hydrogen-bond acceptors (Lipinski definition) is 4. The van der Waals surface area contributed by atoms with Gasteiger partial charge in [-0.1, -0.05) is 24.9 Å². The second-order valence-electron chi connectivity index (χ2n) is 4.46. The molecule has 6 nitrogen and oxygen atoms in total. The molecule has 0 aliphatic rings. The molecule has 2 N–H and O–H groups in total. The molecular weight excluding hydrogens is 316 g/mol. The zero-order valence-electron chi connectivity index (χ0n) is 11.3. The first-order valence-corrected chi connectivity index (χ1v) is 8.10. The van der Waals surface area contributed by atoms with Crippen LogP contribution >= 0.6 is 11.6 Å². The lowest BCUT2D eigenvalue weighted by Crippen LogP contribution is -2.36. The number of aliphatic carboxylic acids is 1. The van der Waals surface area contributed by atoms with Gasteiger partial charge in [0.25, 0.3) is 0 Å². The van der Waals surface area contributed by atoms with E-state index in [1.807, 2.05) is 13.0 Å². The van der Waals surface area contributed by atoms with Gasteiger partial charge in [0.2, 0.25) is 10.0 Å². The maximum atomic E-state index is 12.3. The van der Waals surface area contributed by atoms with E-state index in [9.17, 15) is 13.2 Å². The first-order valence-electron chi connectivity index (χ1n) is 6.24. The van der Waals surface area contributed by atoms with Crippen LogP contribution in [0.5, 0.6) is 0 Å². The topological polar surface area (TPSA) is 107 Å². The van der Waals surface area contributed by atoms with Gasteiger partial charge in [-0.15, -0.1) is 0 Å². The number of rotatable bonds is 7. The summed E-state index contributed by atoms with van der Waals surface area (Å²) in [5.74, 6) is -1.09. The lowest BCUT2D eigenvalue weighted by Gasteiger charge is -2.17. The summed E-state index contributed by atoms with van der Waals surface area (Å²) in [6.45, 7) is 1.83. The van der Waals surface area contributed by atoms with E-state index in [0.717, 1.165) is 6.07 Å². The van der Waals surface area contributed by atoms with Gasteiger partial charge in [-0.05, 0) is 24.6 Å². The zero-order valence-corrected chi connectivity index (χ0v) is 12.9. The predicted molar refractivity (Wildman–Crippen MR) is 77.4 cm³/mol. The Hall–Kier alpha value is -1.62. The SMILES string of the molecule is CCCC(CC(=O)O)NS(=O)(=O)c1cc(C#N)ccc1Cl. The summed E-state index contributed by atoms with van der Waals surface area (Å²) in [6, 6.07) is 5.00. The third kappa shape index (κ3) is 5.01. The molecule has 0 amide bonds. The van der Waals surface area contributed by atoms with Gasteiger partial charge >= 0.3 is 5.97 Å². The van der Waals surface area contributed by atoms with E-state index in [1.165, 1.54) is 12.1 Å². The monoisotopic (exact) mass is 330 g/mol. The molecule has 1 unspecified atom stereocenters. The Morgan fingerprint density at radius 2 is 2.19 bits per heavy atom. The molecule has 1 aromatic rings. The minimum Gasteiger partial charge on any atom is -0.481 e. The second kappa shape index (κ2) is 7.41. The van der Waals surface area contributed by atoms with Crippen molar-refractivity contribution in [1.29, 1.82) is 5.26 Å². The Bertz CT molecular complexity index is 667. The highest BCUT2D eigenvalue weighted by Crippen LogP contribution is 2.23. The normalized spacial score (nSPS) is 12.6. The summed E-state index contributed by atoms with van der Waals surface area (Å²) in [6.07, 6.45) is 0.705. The van der Waals surface area contributed by atoms with Crippen molar-refractivity contribution in [3.63, 3.8) is 0 Å². The number of nitrogens with zero attached hydrogens (tertiary/aromatic N) is 1. The fourth-order valence-corrected chi connectivity index (χ4v) is 3.62. The number of carbonyl (C=O) groups is 1. The summed E-state index contributed by atoms with van der Waals surface area (Å²) in [5, 5.41) is 17.6. The first kappa shape index (κ1) is 17.4. The predicted octanol–water partition coefficient (Wildman–Crippen LogP) is 2.13. The van der Waals surface area contributed by atoms with Gasteiger partial charge in [-0.3, -0.25) is 4.79 Å². The first-order chi connectivity index (χ1) is 9.80. The van der Waals surface area contributed by atoms with Crippen molar-refractivity contribution in [3.05, 3.63) is 28.8 Å². The van der Waals surface area contributed by atoms with E-state index in [2.05, 4.69) is 4.72 Å². The van der Waals surface area contributed by atoms with Crippen molar-refractivity contribution in [2.24, 2.45) is 0 Å². The van der Waals surface area contributed by atoms with Crippen LogP contribution in [0.2, 0.25) is 5.02 Å². The number of halogens is 1. The van der Waals surface area contributed by atoms with Crippen LogP contribution in [0, 0.1) is 11.3 Å². The molecule has 0 aromatic heterocycles. The van der Waals surface area contributed by atoms with Gasteiger partial charge in [0.1, 0.15) is 4.90 Å². The summed E-state index contributed by atoms with van der Waals surface area (Å²) < 4.78 is 26.9. The Labute approximate surface area is 128 Å². The van der Waals surface area contributed by atoms with Crippen LogP contribution in [-0.2, 0) is 14.8 Å². The van der Waals surface area contributed by atoms with E-state index in [0.29, 0.717) is 12.8 Å². The van der Waals surface area contributed by atoms with Crippen LogP contribution in [0.3, 0.4) is 0 Å². The molecule has 8 heteroatoms. The summed E-state index contributed by atoms with van der Waals surface area (Å²) >= 11 is 5.86. The molecule has 0 saturated carbocycles. The van der Waals surface area contributed by atoms with Crippen molar-refractivity contribution in [1.82, 2.24) is 4.72 Å². The van der Waals surface area contributed by atoms with E-state index in [4.69, 9.17) is 22.0 Å². The number of benzene rings is 1. The highest BCUT2D eigenvalue weighted by molar-refractivity contribution is 7.89. The molecule has 0 fully saturated rings. The van der Waals surface area contributed by atoms with Gasteiger partial charge in [-0.25, -0.2) is 13.1 Å². The van der Waals surface area contributed by atoms with Crippen LogP contribution < -0.4 is 4.72 Å². The molecule has 114 valence electrons. The van der Waals surface area contributed by atoms with Crippen molar-refractivity contribution < 1.29 is 18.3 Å². The quantitative estimate of drug-likeness (QED) is 0.796. The molecule has 1 atom stereocenters. The number of sulfonamides is 1. The fourth-order valence-electron chi connectivity index (χ4n) is 1.82. The molecule has 1 rings (SSSR count). The molecule has 0 bridgehead atoms. The molecule has 1 aromatic carbocycles. The Kier molecular flexibility index (Phi) is 6.15. The van der Waals surface area contributed by atoms with Crippen molar-refractivity contribution in [2.45, 2.75) is 37.1 Å². The highest BCUT2D eigenvalue weighted by atomic mass is 35.5. The molecule has 0 spiro atoms. The van der Waals surface area contributed by atoms with Gasteiger partial charge in [-0.2, -0.15) is 5.26 Å². The summed E-state index contributed by atoms with van der Waals surface area (Å²) in [4.78, 5) is 10.5. The molecule has 0 heterocycles. The molecule has 21 heavy (non-hydrogen) atoms. The lowest BCUT2D eigenvalue weighted by molar-refractivity contribution is -0.137. The largest absolute Gasteiger partial charge is 0.481 e. The molecule has 0 radical (unpaired) electrons. The van der Waals surface area contributed by atoms with E-state index in [-0.39, 0.29) is 21.9 Å². The minimum absolute atomic E-state index is 0.0212. The van der Waals surface area contributed by atoms with Gasteiger partial charge in [0.15, 0.2) is 0 Å². The standard InChI is InChI=1S/C13H15ClN2O4S/c1-2-3-10(7-13(17)18)16-21(19,20)12-6-9(8-15)4-5-11(12)14/h4-6,10,16H,2-3,7H2,1H3,(H,17,18). The number of nitriles is 1. The van der Waals surface area contributed by atoms with Crippen LogP contribution in [0.1, 0.15) is 31.7 Å². The van der Waals surface area contributed by atoms with E-state index < -0.39 is 22.0 Å². The van der Waals surface area contributed by atoms with Gasteiger partial charge in [0.05, 0.1) is 23.1 Å². The molecular formula is C13H15ClN2O4S. The maximum absolute atomic E-state index is 12.3. The molecule has 0 aliphatic heterocycles. The molecule has 0 aliphatic carbocycles. The number of carboxylic acid groups (broad SMARTS) is 1. The third-order valence-corrected chi connectivity index (χ3v) is 4.73. The van der Waals surface area contributed by atoms with Crippen LogP contribution in [0.25, 0.3) is 0 Å². The fraction of sp³-hybridized carbons (Fsp3) is 0.385. The van der Waals surface area contributed by atoms with Crippen LogP contribution in [0.4, 0.5) is 0 Å². The highest BCUT2D eigenvalue weighted by Gasteiger charge is 2.24. The van der Waals surface area contributed by atoms with Crippen LogP contribution in [0.15, 0.2) is 23.1 Å². The smallest absolute Gasteiger partial charge is 0.304 e. The summed E-state index contributed by atoms with van der Waals surface area (Å²) in [7, 11) is -3.99. The second-order valence-corrected chi connectivity index (χ2v) is 6.55. The Balaban J connectivity index is 3.10. The van der Waals surface area contributed by atoms with Gasteiger partial charge < -0.3 is 5.11 Å². The van der Waals surface area contributed by atoms with Crippen molar-refractivity contribution in [3.8, 4) is 6.07 Å². The maximum Gasteiger partial charge on any atom is 0.304 e.